The van der Waals surface area contributed by atoms with Crippen molar-refractivity contribution < 1.29 is 4.74 Å². The average Bonchev–Trinajstić information content (AvgIpc) is 2.37. The third kappa shape index (κ3) is 4.22. The third-order valence-corrected chi connectivity index (χ3v) is 5.79. The molecule has 1 saturated carbocycles. The Labute approximate surface area is 133 Å². The van der Waals surface area contributed by atoms with Gasteiger partial charge in [-0.25, -0.2) is 0 Å². The molecular formula is C16H22Br2O. The Bertz CT molecular complexity index is 398. The summed E-state index contributed by atoms with van der Waals surface area (Å²) in [5.41, 5.74) is 1.28. The molecule has 0 heterocycles. The monoisotopic (exact) mass is 388 g/mol. The molecule has 1 aromatic carbocycles. The molecule has 0 aliphatic heterocycles. The zero-order valence-electron chi connectivity index (χ0n) is 11.5. The summed E-state index contributed by atoms with van der Waals surface area (Å²) in [7, 11) is 1.75. The quantitative estimate of drug-likeness (QED) is 0.554. The first-order valence-corrected chi connectivity index (χ1v) is 8.90. The lowest BCUT2D eigenvalue weighted by molar-refractivity contribution is 0.363. The molecule has 0 radical (unpaired) electrons. The first kappa shape index (κ1) is 15.4. The van der Waals surface area contributed by atoms with Crippen molar-refractivity contribution in [3.8, 4) is 5.75 Å². The van der Waals surface area contributed by atoms with E-state index in [0.29, 0.717) is 4.83 Å². The van der Waals surface area contributed by atoms with E-state index >= 15 is 0 Å². The van der Waals surface area contributed by atoms with Gasteiger partial charge in [-0.05, 0) is 37.0 Å². The van der Waals surface area contributed by atoms with Gasteiger partial charge in [-0.2, -0.15) is 0 Å². The molecule has 0 saturated heterocycles. The Morgan fingerprint density at radius 1 is 1.11 bits per heavy atom. The van der Waals surface area contributed by atoms with Crippen LogP contribution < -0.4 is 4.74 Å². The molecule has 3 heteroatoms. The molecule has 2 rings (SSSR count). The van der Waals surface area contributed by atoms with E-state index in [-0.39, 0.29) is 0 Å². The molecular weight excluding hydrogens is 368 g/mol. The van der Waals surface area contributed by atoms with Crippen LogP contribution in [-0.4, -0.2) is 7.11 Å². The predicted molar refractivity (Wildman–Crippen MR) is 88.2 cm³/mol. The molecule has 0 amide bonds. The summed E-state index contributed by atoms with van der Waals surface area (Å²) in [6.07, 6.45) is 9.58. The highest BCUT2D eigenvalue weighted by molar-refractivity contribution is 9.10. The number of ether oxygens (including phenoxy) is 1. The van der Waals surface area contributed by atoms with E-state index < -0.39 is 0 Å². The van der Waals surface area contributed by atoms with E-state index in [1.165, 1.54) is 50.5 Å². The Balaban J connectivity index is 2.16. The second-order valence-corrected chi connectivity index (χ2v) is 7.30. The van der Waals surface area contributed by atoms with Crippen molar-refractivity contribution in [2.45, 2.75) is 49.8 Å². The standard InChI is InChI=1S/C16H22Br2O/c1-19-15-10-9-13(17)11-14(15)16(18)12-7-5-3-2-4-6-8-12/h9-12,16H,2-8H2,1H3. The minimum absolute atomic E-state index is 0.401. The fourth-order valence-corrected chi connectivity index (χ4v) is 4.22. The van der Waals surface area contributed by atoms with Gasteiger partial charge in [0, 0.05) is 14.9 Å². The summed E-state index contributed by atoms with van der Waals surface area (Å²) in [6.45, 7) is 0. The zero-order valence-corrected chi connectivity index (χ0v) is 14.7. The van der Waals surface area contributed by atoms with Crippen LogP contribution >= 0.6 is 31.9 Å². The largest absolute Gasteiger partial charge is 0.496 e. The lowest BCUT2D eigenvalue weighted by Crippen LogP contribution is -2.11. The van der Waals surface area contributed by atoms with Crippen molar-refractivity contribution >= 4 is 31.9 Å². The summed E-state index contributed by atoms with van der Waals surface area (Å²) in [6, 6.07) is 6.29. The summed E-state index contributed by atoms with van der Waals surface area (Å²) in [5, 5.41) is 0. The molecule has 1 unspecified atom stereocenters. The van der Waals surface area contributed by atoms with Crippen molar-refractivity contribution in [2.24, 2.45) is 5.92 Å². The van der Waals surface area contributed by atoms with Gasteiger partial charge in [0.2, 0.25) is 0 Å². The van der Waals surface area contributed by atoms with Crippen LogP contribution in [-0.2, 0) is 0 Å². The minimum Gasteiger partial charge on any atom is -0.496 e. The second-order valence-electron chi connectivity index (χ2n) is 5.39. The Hall–Kier alpha value is -0.0200. The van der Waals surface area contributed by atoms with E-state index in [2.05, 4.69) is 44.0 Å². The van der Waals surface area contributed by atoms with Crippen molar-refractivity contribution in [1.29, 1.82) is 0 Å². The molecule has 1 aliphatic carbocycles. The summed E-state index contributed by atoms with van der Waals surface area (Å²) in [4.78, 5) is 0.401. The molecule has 0 N–H and O–H groups in total. The fourth-order valence-electron chi connectivity index (χ4n) is 2.96. The Morgan fingerprint density at radius 3 is 2.37 bits per heavy atom. The van der Waals surface area contributed by atoms with E-state index in [1.807, 2.05) is 6.07 Å². The summed E-state index contributed by atoms with van der Waals surface area (Å²) < 4.78 is 6.64. The Morgan fingerprint density at radius 2 is 1.74 bits per heavy atom. The van der Waals surface area contributed by atoms with E-state index in [9.17, 15) is 0 Å². The number of rotatable bonds is 3. The van der Waals surface area contributed by atoms with E-state index in [4.69, 9.17) is 4.74 Å². The molecule has 19 heavy (non-hydrogen) atoms. The normalized spacial score (nSPS) is 19.5. The lowest BCUT2D eigenvalue weighted by atomic mass is 9.86. The smallest absolute Gasteiger partial charge is 0.123 e. The summed E-state index contributed by atoms with van der Waals surface area (Å²) in [5.74, 6) is 1.72. The Kier molecular flexibility index (Phi) is 6.21. The SMILES string of the molecule is COc1ccc(Br)cc1C(Br)C1CCCCCCC1. The van der Waals surface area contributed by atoms with Gasteiger partial charge < -0.3 is 4.74 Å². The number of halogens is 2. The maximum absolute atomic E-state index is 5.52. The van der Waals surface area contributed by atoms with Crippen molar-refractivity contribution in [2.75, 3.05) is 7.11 Å². The first-order chi connectivity index (χ1) is 9.22. The number of alkyl halides is 1. The van der Waals surface area contributed by atoms with Crippen LogP contribution in [0.3, 0.4) is 0 Å². The van der Waals surface area contributed by atoms with Crippen molar-refractivity contribution in [3.63, 3.8) is 0 Å². The maximum atomic E-state index is 5.52. The van der Waals surface area contributed by atoms with E-state index in [1.54, 1.807) is 7.11 Å². The van der Waals surface area contributed by atoms with Gasteiger partial charge in [-0.1, -0.05) is 64.0 Å². The topological polar surface area (TPSA) is 9.23 Å². The molecule has 1 fully saturated rings. The average molecular weight is 390 g/mol. The number of hydrogen-bond donors (Lipinski definition) is 0. The second kappa shape index (κ2) is 7.68. The molecule has 0 bridgehead atoms. The van der Waals surface area contributed by atoms with Gasteiger partial charge >= 0.3 is 0 Å². The van der Waals surface area contributed by atoms with Crippen LogP contribution in [0.4, 0.5) is 0 Å². The molecule has 1 aliphatic rings. The van der Waals surface area contributed by atoms with Crippen LogP contribution in [0.15, 0.2) is 22.7 Å². The van der Waals surface area contributed by atoms with Crippen molar-refractivity contribution in [3.05, 3.63) is 28.2 Å². The molecule has 1 aromatic rings. The van der Waals surface area contributed by atoms with Gasteiger partial charge in [0.05, 0.1) is 7.11 Å². The molecule has 0 spiro atoms. The number of hydrogen-bond acceptors (Lipinski definition) is 1. The van der Waals surface area contributed by atoms with Crippen molar-refractivity contribution in [1.82, 2.24) is 0 Å². The van der Waals surface area contributed by atoms with Crippen LogP contribution in [0.2, 0.25) is 0 Å². The lowest BCUT2D eigenvalue weighted by Gasteiger charge is -2.26. The van der Waals surface area contributed by atoms with Crippen LogP contribution in [0.25, 0.3) is 0 Å². The highest BCUT2D eigenvalue weighted by atomic mass is 79.9. The highest BCUT2D eigenvalue weighted by Crippen LogP contribution is 2.43. The summed E-state index contributed by atoms with van der Waals surface area (Å²) >= 11 is 7.50. The highest BCUT2D eigenvalue weighted by Gasteiger charge is 2.24. The minimum atomic E-state index is 0.401. The van der Waals surface area contributed by atoms with E-state index in [0.717, 1.165) is 16.1 Å². The molecule has 1 atom stereocenters. The zero-order chi connectivity index (χ0) is 13.7. The molecule has 0 aromatic heterocycles. The van der Waals surface area contributed by atoms with Gasteiger partial charge in [-0.3, -0.25) is 0 Å². The maximum Gasteiger partial charge on any atom is 0.123 e. The number of methoxy groups -OCH3 is 1. The molecule has 1 nitrogen and oxygen atoms in total. The van der Waals surface area contributed by atoms with Crippen LogP contribution in [0.5, 0.6) is 5.75 Å². The van der Waals surface area contributed by atoms with Crippen LogP contribution in [0, 0.1) is 5.92 Å². The van der Waals surface area contributed by atoms with Gasteiger partial charge in [0.1, 0.15) is 5.75 Å². The van der Waals surface area contributed by atoms with Crippen LogP contribution in [0.1, 0.15) is 55.3 Å². The fraction of sp³-hybridized carbons (Fsp3) is 0.625. The van der Waals surface area contributed by atoms with Gasteiger partial charge in [0.15, 0.2) is 0 Å². The number of benzene rings is 1. The van der Waals surface area contributed by atoms with Gasteiger partial charge in [-0.15, -0.1) is 0 Å². The third-order valence-electron chi connectivity index (χ3n) is 4.05. The predicted octanol–water partition coefficient (Wildman–Crippen LogP) is 6.25. The molecule has 106 valence electrons. The van der Waals surface area contributed by atoms with Gasteiger partial charge in [0.25, 0.3) is 0 Å². The first-order valence-electron chi connectivity index (χ1n) is 7.20.